The van der Waals surface area contributed by atoms with Gasteiger partial charge in [-0.15, -0.1) is 0 Å². The average Bonchev–Trinajstić information content (AvgIpc) is 2.33. The average molecular weight is 265 g/mol. The lowest BCUT2D eigenvalue weighted by Crippen LogP contribution is -2.23. The van der Waals surface area contributed by atoms with Crippen molar-refractivity contribution in [1.82, 2.24) is 15.3 Å². The van der Waals surface area contributed by atoms with Gasteiger partial charge in [-0.25, -0.2) is 4.98 Å². The summed E-state index contributed by atoms with van der Waals surface area (Å²) in [6.45, 7) is 9.13. The maximum atomic E-state index is 5.30. The first-order valence-corrected chi connectivity index (χ1v) is 6.89. The number of rotatable bonds is 6. The van der Waals surface area contributed by atoms with Crippen molar-refractivity contribution in [3.63, 3.8) is 0 Å². The molecule has 1 N–H and O–H groups in total. The Morgan fingerprint density at radius 1 is 1.26 bits per heavy atom. The highest BCUT2D eigenvalue weighted by Gasteiger charge is 2.22. The van der Waals surface area contributed by atoms with E-state index < -0.39 is 0 Å². The smallest absolute Gasteiger partial charge is 0.236 e. The Hall–Kier alpha value is -1.16. The van der Waals surface area contributed by atoms with E-state index in [-0.39, 0.29) is 6.04 Å². The molecule has 1 rings (SSSR count). The van der Waals surface area contributed by atoms with E-state index in [9.17, 15) is 0 Å². The summed E-state index contributed by atoms with van der Waals surface area (Å²) < 4.78 is 5.30. The van der Waals surface area contributed by atoms with Crippen LogP contribution in [0, 0.1) is 11.3 Å². The van der Waals surface area contributed by atoms with Gasteiger partial charge in [0.25, 0.3) is 0 Å². The molecule has 0 fully saturated rings. The van der Waals surface area contributed by atoms with Gasteiger partial charge in [0, 0.05) is 12.4 Å². The first-order valence-electron chi connectivity index (χ1n) is 6.89. The Kier molecular flexibility index (Phi) is 5.73. The Labute approximate surface area is 117 Å². The Balaban J connectivity index is 2.78. The van der Waals surface area contributed by atoms with Crippen LogP contribution in [0.5, 0.6) is 5.88 Å². The maximum Gasteiger partial charge on any atom is 0.236 e. The third-order valence-electron chi connectivity index (χ3n) is 3.16. The van der Waals surface area contributed by atoms with Crippen molar-refractivity contribution in [1.29, 1.82) is 0 Å². The van der Waals surface area contributed by atoms with Crippen molar-refractivity contribution < 1.29 is 4.74 Å². The summed E-state index contributed by atoms with van der Waals surface area (Å²) in [6, 6.07) is 0.181. The van der Waals surface area contributed by atoms with Crippen LogP contribution in [0.1, 0.15) is 52.3 Å². The molecule has 4 nitrogen and oxygen atoms in total. The minimum atomic E-state index is 0.181. The van der Waals surface area contributed by atoms with Gasteiger partial charge in [0.2, 0.25) is 5.88 Å². The summed E-state index contributed by atoms with van der Waals surface area (Å²) in [6.07, 6.45) is 5.60. The van der Waals surface area contributed by atoms with E-state index in [0.717, 1.165) is 12.1 Å². The van der Waals surface area contributed by atoms with Crippen LogP contribution in [0.3, 0.4) is 0 Å². The molecule has 2 atom stereocenters. The second-order valence-electron chi connectivity index (χ2n) is 6.40. The van der Waals surface area contributed by atoms with Crippen molar-refractivity contribution in [3.8, 4) is 5.88 Å². The van der Waals surface area contributed by atoms with Crippen molar-refractivity contribution >= 4 is 0 Å². The molecule has 0 bridgehead atoms. The standard InChI is InChI=1S/C15H27N3O/c1-11(10-15(2,3)4)9-12(16-5)13-14(19-6)18-8-7-17-13/h7-8,11-12,16H,9-10H2,1-6H3. The number of aromatic nitrogens is 2. The normalized spacial score (nSPS) is 15.1. The fraction of sp³-hybridized carbons (Fsp3) is 0.733. The Morgan fingerprint density at radius 3 is 2.42 bits per heavy atom. The van der Waals surface area contributed by atoms with Gasteiger partial charge >= 0.3 is 0 Å². The van der Waals surface area contributed by atoms with Gasteiger partial charge in [-0.2, -0.15) is 0 Å². The van der Waals surface area contributed by atoms with Crippen molar-refractivity contribution in [2.45, 2.75) is 46.6 Å². The molecule has 0 radical (unpaired) electrons. The first-order chi connectivity index (χ1) is 8.87. The van der Waals surface area contributed by atoms with Crippen LogP contribution in [0.15, 0.2) is 12.4 Å². The fourth-order valence-electron chi connectivity index (χ4n) is 2.63. The van der Waals surface area contributed by atoms with E-state index in [1.54, 1.807) is 19.5 Å². The van der Waals surface area contributed by atoms with Crippen molar-refractivity contribution in [2.24, 2.45) is 11.3 Å². The third kappa shape index (κ3) is 5.15. The molecule has 4 heteroatoms. The largest absolute Gasteiger partial charge is 0.480 e. The monoisotopic (exact) mass is 265 g/mol. The lowest BCUT2D eigenvalue weighted by molar-refractivity contribution is 0.274. The number of hydrogen-bond acceptors (Lipinski definition) is 4. The molecule has 19 heavy (non-hydrogen) atoms. The number of ether oxygens (including phenoxy) is 1. The van der Waals surface area contributed by atoms with Crippen LogP contribution >= 0.6 is 0 Å². The van der Waals surface area contributed by atoms with Crippen LogP contribution in [-0.4, -0.2) is 24.1 Å². The van der Waals surface area contributed by atoms with Gasteiger partial charge in [0.15, 0.2) is 0 Å². The number of nitrogens with one attached hydrogen (secondary N) is 1. The molecule has 0 spiro atoms. The quantitative estimate of drug-likeness (QED) is 0.858. The van der Waals surface area contributed by atoms with Crippen LogP contribution in [0.2, 0.25) is 0 Å². The summed E-state index contributed by atoms with van der Waals surface area (Å²) in [5.41, 5.74) is 1.25. The van der Waals surface area contributed by atoms with Crippen molar-refractivity contribution in [2.75, 3.05) is 14.2 Å². The molecule has 0 amide bonds. The Bertz CT molecular complexity index is 387. The topological polar surface area (TPSA) is 47.0 Å². The predicted molar refractivity (Wildman–Crippen MR) is 78.2 cm³/mol. The van der Waals surface area contributed by atoms with E-state index in [2.05, 4.69) is 43.0 Å². The van der Waals surface area contributed by atoms with Gasteiger partial charge in [-0.1, -0.05) is 27.7 Å². The predicted octanol–water partition coefficient (Wildman–Crippen LogP) is 3.21. The van der Waals surface area contributed by atoms with E-state index in [0.29, 0.717) is 17.2 Å². The zero-order valence-electron chi connectivity index (χ0n) is 13.0. The van der Waals surface area contributed by atoms with Gasteiger partial charge in [0.05, 0.1) is 13.2 Å². The lowest BCUT2D eigenvalue weighted by atomic mass is 9.82. The molecule has 0 aliphatic heterocycles. The molecular formula is C15H27N3O. The van der Waals surface area contributed by atoms with E-state index in [4.69, 9.17) is 4.74 Å². The Morgan fingerprint density at radius 2 is 1.89 bits per heavy atom. The highest BCUT2D eigenvalue weighted by Crippen LogP contribution is 2.31. The molecule has 0 aliphatic rings. The summed E-state index contributed by atoms with van der Waals surface area (Å²) in [4.78, 5) is 8.64. The third-order valence-corrected chi connectivity index (χ3v) is 3.16. The summed E-state index contributed by atoms with van der Waals surface area (Å²) >= 11 is 0. The van der Waals surface area contributed by atoms with Gasteiger partial charge in [-0.05, 0) is 31.2 Å². The SMILES string of the molecule is CNC(CC(C)CC(C)(C)C)c1nccnc1OC. The van der Waals surface area contributed by atoms with Crippen LogP contribution < -0.4 is 10.1 Å². The molecule has 1 aromatic rings. The molecule has 0 aromatic carbocycles. The van der Waals surface area contributed by atoms with E-state index in [1.807, 2.05) is 7.05 Å². The van der Waals surface area contributed by atoms with Gasteiger partial charge < -0.3 is 10.1 Å². The molecule has 1 aromatic heterocycles. The molecule has 0 aliphatic carbocycles. The number of nitrogens with zero attached hydrogens (tertiary/aromatic N) is 2. The number of hydrogen-bond donors (Lipinski definition) is 1. The van der Waals surface area contributed by atoms with Gasteiger partial charge in [-0.3, -0.25) is 4.98 Å². The van der Waals surface area contributed by atoms with E-state index >= 15 is 0 Å². The second kappa shape index (κ2) is 6.85. The van der Waals surface area contributed by atoms with Crippen LogP contribution in [0.4, 0.5) is 0 Å². The van der Waals surface area contributed by atoms with Crippen LogP contribution in [-0.2, 0) is 0 Å². The first kappa shape index (κ1) is 15.9. The zero-order valence-corrected chi connectivity index (χ0v) is 13.0. The minimum Gasteiger partial charge on any atom is -0.480 e. The van der Waals surface area contributed by atoms with Gasteiger partial charge in [0.1, 0.15) is 5.69 Å². The molecule has 108 valence electrons. The summed E-state index contributed by atoms with van der Waals surface area (Å²) in [7, 11) is 3.60. The zero-order chi connectivity index (χ0) is 14.5. The molecule has 1 heterocycles. The van der Waals surface area contributed by atoms with Crippen molar-refractivity contribution in [3.05, 3.63) is 18.1 Å². The molecule has 0 saturated carbocycles. The highest BCUT2D eigenvalue weighted by atomic mass is 16.5. The summed E-state index contributed by atoms with van der Waals surface area (Å²) in [5.74, 6) is 1.23. The number of methoxy groups -OCH3 is 1. The second-order valence-corrected chi connectivity index (χ2v) is 6.40. The highest BCUT2D eigenvalue weighted by molar-refractivity contribution is 5.21. The molecule has 2 unspecified atom stereocenters. The lowest BCUT2D eigenvalue weighted by Gasteiger charge is -2.26. The molecule has 0 saturated heterocycles. The molecular weight excluding hydrogens is 238 g/mol. The maximum absolute atomic E-state index is 5.30. The van der Waals surface area contributed by atoms with E-state index in [1.165, 1.54) is 6.42 Å². The summed E-state index contributed by atoms with van der Waals surface area (Å²) in [5, 5.41) is 3.33. The fourth-order valence-corrected chi connectivity index (χ4v) is 2.63. The van der Waals surface area contributed by atoms with Crippen LogP contribution in [0.25, 0.3) is 0 Å². The minimum absolute atomic E-state index is 0.181.